The first kappa shape index (κ1) is 9.80. The van der Waals surface area contributed by atoms with Gasteiger partial charge in [0.15, 0.2) is 0 Å². The number of phenolic OH excluding ortho intramolecular Hbond substituents is 1. The molecule has 0 aliphatic heterocycles. The van der Waals surface area contributed by atoms with Crippen LogP contribution in [-0.4, -0.2) is 22.3 Å². The maximum atomic E-state index is 9.42. The van der Waals surface area contributed by atoms with Gasteiger partial charge in [0.1, 0.15) is 5.75 Å². The fraction of sp³-hybridized carbons (Fsp3) is 0. The summed E-state index contributed by atoms with van der Waals surface area (Å²) in [7, 11) is -1.60. The molecule has 0 saturated heterocycles. The highest BCUT2D eigenvalue weighted by atomic mass is 35.5. The standard InChI is InChI=1S/C8H6BClO3S/c10-7-4-1-2-14-8(4)5(9(12)13)3-6(7)11/h1-3,11-13H. The molecule has 0 bridgehead atoms. The number of aromatic hydroxyl groups is 1. The number of benzene rings is 1. The summed E-state index contributed by atoms with van der Waals surface area (Å²) in [6, 6.07) is 3.00. The largest absolute Gasteiger partial charge is 0.506 e. The molecule has 0 amide bonds. The lowest BCUT2D eigenvalue weighted by Gasteiger charge is -2.04. The summed E-state index contributed by atoms with van der Waals surface area (Å²) in [6.45, 7) is 0. The van der Waals surface area contributed by atoms with Crippen LogP contribution >= 0.6 is 22.9 Å². The van der Waals surface area contributed by atoms with Crippen molar-refractivity contribution in [3.8, 4) is 5.75 Å². The zero-order chi connectivity index (χ0) is 10.3. The molecule has 72 valence electrons. The lowest BCUT2D eigenvalue weighted by atomic mass is 9.79. The molecule has 3 N–H and O–H groups in total. The zero-order valence-electron chi connectivity index (χ0n) is 6.94. The van der Waals surface area contributed by atoms with Gasteiger partial charge in [0.05, 0.1) is 5.02 Å². The summed E-state index contributed by atoms with van der Waals surface area (Å²) >= 11 is 7.19. The number of halogens is 1. The van der Waals surface area contributed by atoms with Crippen LogP contribution in [0.3, 0.4) is 0 Å². The molecule has 0 atom stereocenters. The van der Waals surface area contributed by atoms with Crippen LogP contribution in [0.25, 0.3) is 10.1 Å². The first-order chi connectivity index (χ1) is 6.61. The minimum Gasteiger partial charge on any atom is -0.506 e. The quantitative estimate of drug-likeness (QED) is 0.637. The summed E-state index contributed by atoms with van der Waals surface area (Å²) in [4.78, 5) is 0. The Balaban J connectivity index is 2.84. The van der Waals surface area contributed by atoms with Gasteiger partial charge in [-0.05, 0) is 17.5 Å². The van der Waals surface area contributed by atoms with Gasteiger partial charge in [0.25, 0.3) is 0 Å². The van der Waals surface area contributed by atoms with Crippen LogP contribution in [0.5, 0.6) is 5.75 Å². The predicted octanol–water partition coefficient (Wildman–Crippen LogP) is 0.940. The van der Waals surface area contributed by atoms with E-state index < -0.39 is 7.12 Å². The Morgan fingerprint density at radius 1 is 1.36 bits per heavy atom. The Labute approximate surface area is 89.3 Å². The number of phenols is 1. The Morgan fingerprint density at radius 3 is 2.71 bits per heavy atom. The molecular weight excluding hydrogens is 222 g/mol. The van der Waals surface area contributed by atoms with Gasteiger partial charge in [0, 0.05) is 15.5 Å². The molecule has 3 nitrogen and oxygen atoms in total. The van der Waals surface area contributed by atoms with Crippen LogP contribution < -0.4 is 5.46 Å². The summed E-state index contributed by atoms with van der Waals surface area (Å²) in [6.07, 6.45) is 0. The molecule has 1 aromatic heterocycles. The average Bonchev–Trinajstić information content (AvgIpc) is 2.59. The van der Waals surface area contributed by atoms with Crippen LogP contribution in [0.15, 0.2) is 17.5 Å². The molecular formula is C8H6BClO3S. The van der Waals surface area contributed by atoms with Gasteiger partial charge >= 0.3 is 7.12 Å². The fourth-order valence-electron chi connectivity index (χ4n) is 1.31. The van der Waals surface area contributed by atoms with E-state index in [1.54, 1.807) is 11.4 Å². The summed E-state index contributed by atoms with van der Waals surface area (Å²) < 4.78 is 0.683. The van der Waals surface area contributed by atoms with Crippen LogP contribution in [0.4, 0.5) is 0 Å². The molecule has 1 aromatic carbocycles. The fourth-order valence-corrected chi connectivity index (χ4v) is 2.52. The van der Waals surface area contributed by atoms with Crippen molar-refractivity contribution in [3.05, 3.63) is 22.5 Å². The third-order valence-electron chi connectivity index (χ3n) is 1.96. The van der Waals surface area contributed by atoms with Gasteiger partial charge in [-0.3, -0.25) is 0 Å². The Hall–Kier alpha value is -0.745. The van der Waals surface area contributed by atoms with E-state index in [0.29, 0.717) is 10.1 Å². The third-order valence-corrected chi connectivity index (χ3v) is 3.32. The number of fused-ring (bicyclic) bond motifs is 1. The first-order valence-corrected chi connectivity index (χ1v) is 5.11. The van der Waals surface area contributed by atoms with Crippen molar-refractivity contribution in [1.82, 2.24) is 0 Å². The van der Waals surface area contributed by atoms with Crippen molar-refractivity contribution in [2.75, 3.05) is 0 Å². The number of thiophene rings is 1. The van der Waals surface area contributed by atoms with E-state index in [4.69, 9.17) is 21.6 Å². The van der Waals surface area contributed by atoms with Crippen molar-refractivity contribution in [2.24, 2.45) is 0 Å². The second-order valence-corrected chi connectivity index (χ2v) is 4.13. The molecule has 14 heavy (non-hydrogen) atoms. The highest BCUT2D eigenvalue weighted by molar-refractivity contribution is 7.18. The lowest BCUT2D eigenvalue weighted by molar-refractivity contribution is 0.425. The Bertz CT molecular complexity index is 483. The van der Waals surface area contributed by atoms with Crippen LogP contribution in [0.2, 0.25) is 5.02 Å². The first-order valence-electron chi connectivity index (χ1n) is 3.86. The SMILES string of the molecule is OB(O)c1cc(O)c(Cl)c2ccsc12. The molecule has 0 fully saturated rings. The molecule has 0 aliphatic rings. The van der Waals surface area contributed by atoms with E-state index in [0.717, 1.165) is 0 Å². The molecule has 0 unspecified atom stereocenters. The van der Waals surface area contributed by atoms with E-state index in [2.05, 4.69) is 0 Å². The highest BCUT2D eigenvalue weighted by Crippen LogP contribution is 2.33. The van der Waals surface area contributed by atoms with Gasteiger partial charge in [-0.2, -0.15) is 0 Å². The minimum absolute atomic E-state index is 0.138. The molecule has 0 aliphatic carbocycles. The maximum Gasteiger partial charge on any atom is 0.490 e. The van der Waals surface area contributed by atoms with Crippen molar-refractivity contribution >= 4 is 45.6 Å². The number of rotatable bonds is 1. The van der Waals surface area contributed by atoms with Crippen LogP contribution in [-0.2, 0) is 0 Å². The van der Waals surface area contributed by atoms with Crippen LogP contribution in [0.1, 0.15) is 0 Å². The predicted molar refractivity (Wildman–Crippen MR) is 58.3 cm³/mol. The minimum atomic E-state index is -1.60. The Morgan fingerprint density at radius 2 is 2.07 bits per heavy atom. The maximum absolute atomic E-state index is 9.42. The summed E-state index contributed by atoms with van der Waals surface area (Å²) in [5, 5.41) is 30.2. The van der Waals surface area contributed by atoms with Gasteiger partial charge < -0.3 is 15.2 Å². The summed E-state index contributed by atoms with van der Waals surface area (Å²) in [5.74, 6) is -0.138. The molecule has 1 heterocycles. The normalized spacial score (nSPS) is 10.8. The van der Waals surface area contributed by atoms with Crippen molar-refractivity contribution < 1.29 is 15.2 Å². The van der Waals surface area contributed by atoms with E-state index in [-0.39, 0.29) is 16.2 Å². The van der Waals surface area contributed by atoms with Gasteiger partial charge in [0.2, 0.25) is 0 Å². The lowest BCUT2D eigenvalue weighted by Crippen LogP contribution is -2.29. The highest BCUT2D eigenvalue weighted by Gasteiger charge is 2.19. The molecule has 0 spiro atoms. The molecule has 6 heteroatoms. The average molecular weight is 228 g/mol. The molecule has 2 aromatic rings. The van der Waals surface area contributed by atoms with Crippen LogP contribution in [0, 0.1) is 0 Å². The smallest absolute Gasteiger partial charge is 0.490 e. The molecule has 0 radical (unpaired) electrons. The number of hydrogen-bond acceptors (Lipinski definition) is 4. The zero-order valence-corrected chi connectivity index (χ0v) is 8.51. The van der Waals surface area contributed by atoms with Gasteiger partial charge in [-0.15, -0.1) is 11.3 Å². The van der Waals surface area contributed by atoms with Crippen molar-refractivity contribution in [3.63, 3.8) is 0 Å². The summed E-state index contributed by atoms with van der Waals surface area (Å²) in [5.41, 5.74) is 0.275. The monoisotopic (exact) mass is 228 g/mol. The second kappa shape index (κ2) is 3.44. The van der Waals surface area contributed by atoms with Crippen molar-refractivity contribution in [1.29, 1.82) is 0 Å². The second-order valence-electron chi connectivity index (χ2n) is 2.84. The van der Waals surface area contributed by atoms with E-state index in [1.165, 1.54) is 17.4 Å². The molecule has 0 saturated carbocycles. The molecule has 2 rings (SSSR count). The number of hydrogen-bond donors (Lipinski definition) is 3. The topological polar surface area (TPSA) is 60.7 Å². The Kier molecular flexibility index (Phi) is 2.40. The van der Waals surface area contributed by atoms with E-state index >= 15 is 0 Å². The van der Waals surface area contributed by atoms with Gasteiger partial charge in [-0.1, -0.05) is 11.6 Å². The van der Waals surface area contributed by atoms with E-state index in [9.17, 15) is 5.11 Å². The van der Waals surface area contributed by atoms with Gasteiger partial charge in [-0.25, -0.2) is 0 Å². The third kappa shape index (κ3) is 1.38. The van der Waals surface area contributed by atoms with E-state index in [1.807, 2.05) is 0 Å². The van der Waals surface area contributed by atoms with Crippen molar-refractivity contribution in [2.45, 2.75) is 0 Å².